The lowest BCUT2D eigenvalue weighted by Crippen LogP contribution is -2.18. The van der Waals surface area contributed by atoms with E-state index in [2.05, 4.69) is 43.5 Å². The molecule has 132 valence electrons. The molecule has 0 unspecified atom stereocenters. The van der Waals surface area contributed by atoms with E-state index in [0.717, 1.165) is 16.8 Å². The van der Waals surface area contributed by atoms with Crippen LogP contribution in [0.1, 0.15) is 33.5 Å². The molecule has 0 atom stereocenters. The third kappa shape index (κ3) is 4.83. The van der Waals surface area contributed by atoms with Gasteiger partial charge in [-0.05, 0) is 44.0 Å². The van der Waals surface area contributed by atoms with Crippen LogP contribution in [0.4, 0.5) is 11.4 Å². The fraction of sp³-hybridized carbons (Fsp3) is 0.300. The molecule has 0 saturated carbocycles. The van der Waals surface area contributed by atoms with E-state index in [1.54, 1.807) is 24.3 Å². The van der Waals surface area contributed by atoms with Crippen molar-refractivity contribution >= 4 is 23.3 Å². The second-order valence-corrected chi connectivity index (χ2v) is 6.04. The lowest BCUT2D eigenvalue weighted by molar-refractivity contribution is -0.115. The Morgan fingerprint density at radius 3 is 2.32 bits per heavy atom. The lowest BCUT2D eigenvalue weighted by Gasteiger charge is -2.14. The first-order chi connectivity index (χ1) is 11.9. The number of carbonyl (C=O) groups excluding carboxylic acids is 2. The van der Waals surface area contributed by atoms with E-state index in [0.29, 0.717) is 24.2 Å². The molecule has 0 aromatic heterocycles. The van der Waals surface area contributed by atoms with E-state index >= 15 is 0 Å². The maximum absolute atomic E-state index is 12.2. The largest absolute Gasteiger partial charge is 0.465 e. The van der Waals surface area contributed by atoms with E-state index in [1.807, 2.05) is 0 Å². The Morgan fingerprint density at radius 1 is 1.04 bits per heavy atom. The minimum atomic E-state index is -0.472. The second-order valence-electron chi connectivity index (χ2n) is 6.04. The molecular formula is C20H24N2O3. The van der Waals surface area contributed by atoms with Crippen LogP contribution >= 0.6 is 0 Å². The van der Waals surface area contributed by atoms with Crippen LogP contribution in [0.15, 0.2) is 36.4 Å². The number of carbonyl (C=O) groups is 2. The number of esters is 1. The number of amides is 1. The number of nitrogens with one attached hydrogen (secondary N) is 2. The summed E-state index contributed by atoms with van der Waals surface area (Å²) in [5.41, 5.74) is 5.41. The fourth-order valence-corrected chi connectivity index (χ4v) is 2.85. The van der Waals surface area contributed by atoms with Gasteiger partial charge in [-0.2, -0.15) is 0 Å². The van der Waals surface area contributed by atoms with E-state index < -0.39 is 5.97 Å². The number of ether oxygens (including phenoxy) is 1. The van der Waals surface area contributed by atoms with Gasteiger partial charge in [-0.25, -0.2) is 4.79 Å². The summed E-state index contributed by atoms with van der Waals surface area (Å²) in [7, 11) is 1.32. The predicted molar refractivity (Wildman–Crippen MR) is 100 cm³/mol. The second kappa shape index (κ2) is 8.33. The predicted octanol–water partition coefficient (Wildman–Crippen LogP) is 3.84. The molecule has 2 N–H and O–H groups in total. The number of anilines is 2. The number of aryl methyl sites for hydroxylation is 3. The minimum absolute atomic E-state index is 0.161. The molecular weight excluding hydrogens is 316 g/mol. The van der Waals surface area contributed by atoms with Gasteiger partial charge in [0.15, 0.2) is 0 Å². The molecule has 5 nitrogen and oxygen atoms in total. The van der Waals surface area contributed by atoms with Crippen molar-refractivity contribution in [3.8, 4) is 0 Å². The first-order valence-corrected chi connectivity index (χ1v) is 8.21. The molecule has 2 aromatic rings. The molecule has 25 heavy (non-hydrogen) atoms. The van der Waals surface area contributed by atoms with Gasteiger partial charge in [0.05, 0.1) is 18.4 Å². The number of benzene rings is 2. The fourth-order valence-electron chi connectivity index (χ4n) is 2.85. The molecule has 5 heteroatoms. The van der Waals surface area contributed by atoms with Gasteiger partial charge in [0, 0.05) is 18.7 Å². The normalized spacial score (nSPS) is 10.2. The molecule has 2 aromatic carbocycles. The van der Waals surface area contributed by atoms with Crippen molar-refractivity contribution < 1.29 is 14.3 Å². The van der Waals surface area contributed by atoms with Crippen molar-refractivity contribution in [3.05, 3.63) is 58.7 Å². The smallest absolute Gasteiger partial charge is 0.339 e. The van der Waals surface area contributed by atoms with Crippen LogP contribution in [-0.4, -0.2) is 25.5 Å². The van der Waals surface area contributed by atoms with Gasteiger partial charge in [-0.3, -0.25) is 4.79 Å². The highest BCUT2D eigenvalue weighted by atomic mass is 16.5. The minimum Gasteiger partial charge on any atom is -0.465 e. The summed E-state index contributed by atoms with van der Waals surface area (Å²) in [6.45, 7) is 6.68. The highest BCUT2D eigenvalue weighted by molar-refractivity contribution is 6.01. The highest BCUT2D eigenvalue weighted by Crippen LogP contribution is 2.22. The van der Waals surface area contributed by atoms with Crippen LogP contribution in [-0.2, 0) is 9.53 Å². The van der Waals surface area contributed by atoms with Crippen LogP contribution in [0.25, 0.3) is 0 Å². The first kappa shape index (κ1) is 18.5. The molecule has 0 saturated heterocycles. The SMILES string of the molecule is COC(=O)c1ccccc1NC(=O)CCNc1c(C)cc(C)cc1C. The van der Waals surface area contributed by atoms with Crippen molar-refractivity contribution in [1.82, 2.24) is 0 Å². The van der Waals surface area contributed by atoms with Crippen LogP contribution in [0.5, 0.6) is 0 Å². The summed E-state index contributed by atoms with van der Waals surface area (Å²) in [5, 5.41) is 6.09. The number of methoxy groups -OCH3 is 1. The van der Waals surface area contributed by atoms with Gasteiger partial charge >= 0.3 is 5.97 Å². The highest BCUT2D eigenvalue weighted by Gasteiger charge is 2.13. The first-order valence-electron chi connectivity index (χ1n) is 8.21. The summed E-state index contributed by atoms with van der Waals surface area (Å²) in [5.74, 6) is -0.633. The zero-order chi connectivity index (χ0) is 18.4. The van der Waals surface area contributed by atoms with Gasteiger partial charge in [0.2, 0.25) is 5.91 Å². The molecule has 1 amide bonds. The third-order valence-electron chi connectivity index (χ3n) is 3.94. The Hall–Kier alpha value is -2.82. The quantitative estimate of drug-likeness (QED) is 0.784. The van der Waals surface area contributed by atoms with Crippen molar-refractivity contribution in [2.24, 2.45) is 0 Å². The molecule has 0 aliphatic heterocycles. The number of hydrogen-bond acceptors (Lipinski definition) is 4. The average molecular weight is 340 g/mol. The maximum Gasteiger partial charge on any atom is 0.339 e. The Balaban J connectivity index is 1.95. The van der Waals surface area contributed by atoms with Crippen LogP contribution in [0.2, 0.25) is 0 Å². The Kier molecular flexibility index (Phi) is 6.17. The number of hydrogen-bond donors (Lipinski definition) is 2. The summed E-state index contributed by atoms with van der Waals surface area (Å²) in [4.78, 5) is 23.9. The van der Waals surface area contributed by atoms with Crippen molar-refractivity contribution in [2.75, 3.05) is 24.3 Å². The maximum atomic E-state index is 12.2. The molecule has 0 radical (unpaired) electrons. The molecule has 0 aliphatic carbocycles. The third-order valence-corrected chi connectivity index (χ3v) is 3.94. The number of para-hydroxylation sites is 1. The summed E-state index contributed by atoms with van der Waals surface area (Å²) in [6, 6.07) is 11.0. The van der Waals surface area contributed by atoms with Gasteiger partial charge in [0.1, 0.15) is 0 Å². The van der Waals surface area contributed by atoms with Crippen LogP contribution in [0, 0.1) is 20.8 Å². The van der Waals surface area contributed by atoms with Crippen molar-refractivity contribution in [2.45, 2.75) is 27.2 Å². The Bertz CT molecular complexity index is 761. The Morgan fingerprint density at radius 2 is 1.68 bits per heavy atom. The van der Waals surface area contributed by atoms with Gasteiger partial charge < -0.3 is 15.4 Å². The van der Waals surface area contributed by atoms with Crippen LogP contribution in [0.3, 0.4) is 0 Å². The van der Waals surface area contributed by atoms with Crippen LogP contribution < -0.4 is 10.6 Å². The van der Waals surface area contributed by atoms with E-state index in [4.69, 9.17) is 4.74 Å². The summed E-state index contributed by atoms with van der Waals surface area (Å²) >= 11 is 0. The van der Waals surface area contributed by atoms with Gasteiger partial charge in [0.25, 0.3) is 0 Å². The summed E-state index contributed by atoms with van der Waals surface area (Å²) < 4.78 is 4.73. The zero-order valence-electron chi connectivity index (χ0n) is 15.1. The molecule has 0 aliphatic rings. The van der Waals surface area contributed by atoms with E-state index in [1.165, 1.54) is 12.7 Å². The lowest BCUT2D eigenvalue weighted by atomic mass is 10.1. The van der Waals surface area contributed by atoms with Crippen molar-refractivity contribution in [1.29, 1.82) is 0 Å². The molecule has 0 spiro atoms. The zero-order valence-corrected chi connectivity index (χ0v) is 15.1. The van der Waals surface area contributed by atoms with E-state index in [9.17, 15) is 9.59 Å². The summed E-state index contributed by atoms with van der Waals surface area (Å²) in [6.07, 6.45) is 0.294. The monoisotopic (exact) mass is 340 g/mol. The van der Waals surface area contributed by atoms with Crippen molar-refractivity contribution in [3.63, 3.8) is 0 Å². The van der Waals surface area contributed by atoms with Gasteiger partial charge in [-0.1, -0.05) is 29.8 Å². The standard InChI is InChI=1S/C20H24N2O3/c1-13-11-14(2)19(15(3)12-13)21-10-9-18(23)22-17-8-6-5-7-16(17)20(24)25-4/h5-8,11-12,21H,9-10H2,1-4H3,(H,22,23). The Labute approximate surface area is 148 Å². The average Bonchev–Trinajstić information content (AvgIpc) is 2.57. The molecule has 0 heterocycles. The molecule has 2 rings (SSSR count). The molecule has 0 fully saturated rings. The number of rotatable bonds is 6. The topological polar surface area (TPSA) is 67.4 Å². The van der Waals surface area contributed by atoms with Gasteiger partial charge in [-0.15, -0.1) is 0 Å². The van der Waals surface area contributed by atoms with E-state index in [-0.39, 0.29) is 5.91 Å². The molecule has 0 bridgehead atoms.